The van der Waals surface area contributed by atoms with Crippen LogP contribution in [0.15, 0.2) is 0 Å². The summed E-state index contributed by atoms with van der Waals surface area (Å²) in [7, 11) is 0. The van der Waals surface area contributed by atoms with Gasteiger partial charge in [-0.1, -0.05) is 19.3 Å². The predicted octanol–water partition coefficient (Wildman–Crippen LogP) is 1.19. The second-order valence-electron chi connectivity index (χ2n) is 5.29. The van der Waals surface area contributed by atoms with Crippen molar-refractivity contribution >= 4 is 5.91 Å². The van der Waals surface area contributed by atoms with Gasteiger partial charge >= 0.3 is 0 Å². The largest absolute Gasteiger partial charge is 0.376 e. The third kappa shape index (κ3) is 3.68. The number of hydrogen-bond donors (Lipinski definition) is 2. The van der Waals surface area contributed by atoms with Gasteiger partial charge in [0.2, 0.25) is 5.91 Å². The highest BCUT2D eigenvalue weighted by molar-refractivity contribution is 5.79. The molecule has 1 amide bonds. The summed E-state index contributed by atoms with van der Waals surface area (Å²) in [5, 5.41) is 3.01. The van der Waals surface area contributed by atoms with E-state index in [1.54, 1.807) is 0 Å². The molecule has 4 nitrogen and oxygen atoms in total. The molecule has 0 spiro atoms. The molecule has 2 aliphatic rings. The van der Waals surface area contributed by atoms with Crippen molar-refractivity contribution in [3.05, 3.63) is 0 Å². The molecule has 1 aliphatic heterocycles. The second kappa shape index (κ2) is 6.36. The fraction of sp³-hybridized carbons (Fsp3) is 0.923. The topological polar surface area (TPSA) is 64.4 Å². The summed E-state index contributed by atoms with van der Waals surface area (Å²) < 4.78 is 5.50. The van der Waals surface area contributed by atoms with Crippen molar-refractivity contribution in [2.75, 3.05) is 13.2 Å². The standard InChI is InChI=1S/C13H24N2O2/c14-12-7-3-1-2-6-11(12)13(16)15-9-10-5-4-8-17-10/h10-12H,1-9,14H2,(H,15,16). The quantitative estimate of drug-likeness (QED) is 0.728. The summed E-state index contributed by atoms with van der Waals surface area (Å²) in [6, 6.07) is 0.0435. The lowest BCUT2D eigenvalue weighted by Gasteiger charge is -2.21. The molecular weight excluding hydrogens is 216 g/mol. The van der Waals surface area contributed by atoms with E-state index in [0.717, 1.165) is 45.1 Å². The first-order valence-corrected chi connectivity index (χ1v) is 6.92. The van der Waals surface area contributed by atoms with Crippen molar-refractivity contribution in [2.24, 2.45) is 11.7 Å². The van der Waals surface area contributed by atoms with Crippen LogP contribution in [0.2, 0.25) is 0 Å². The maximum Gasteiger partial charge on any atom is 0.224 e. The van der Waals surface area contributed by atoms with E-state index >= 15 is 0 Å². The van der Waals surface area contributed by atoms with E-state index in [9.17, 15) is 4.79 Å². The van der Waals surface area contributed by atoms with E-state index in [1.807, 2.05) is 0 Å². The van der Waals surface area contributed by atoms with Crippen molar-refractivity contribution in [3.8, 4) is 0 Å². The van der Waals surface area contributed by atoms with E-state index in [2.05, 4.69) is 5.32 Å². The Hall–Kier alpha value is -0.610. The summed E-state index contributed by atoms with van der Waals surface area (Å²) in [5.74, 6) is 0.147. The molecule has 3 atom stereocenters. The molecule has 3 unspecified atom stereocenters. The molecule has 0 aromatic carbocycles. The van der Waals surface area contributed by atoms with E-state index in [1.165, 1.54) is 6.42 Å². The van der Waals surface area contributed by atoms with Crippen LogP contribution in [-0.4, -0.2) is 31.2 Å². The zero-order valence-electron chi connectivity index (χ0n) is 10.5. The number of carbonyl (C=O) groups is 1. The highest BCUT2D eigenvalue weighted by atomic mass is 16.5. The Bertz CT molecular complexity index is 252. The minimum atomic E-state index is 0.0129. The van der Waals surface area contributed by atoms with Crippen molar-refractivity contribution in [1.29, 1.82) is 0 Å². The highest BCUT2D eigenvalue weighted by Gasteiger charge is 2.27. The lowest BCUT2D eigenvalue weighted by molar-refractivity contribution is -0.126. The maximum absolute atomic E-state index is 12.1. The van der Waals surface area contributed by atoms with Gasteiger partial charge in [-0.25, -0.2) is 0 Å². The lowest BCUT2D eigenvalue weighted by Crippen LogP contribution is -2.43. The summed E-state index contributed by atoms with van der Waals surface area (Å²) in [6.07, 6.45) is 7.84. The molecule has 98 valence electrons. The molecule has 0 radical (unpaired) electrons. The highest BCUT2D eigenvalue weighted by Crippen LogP contribution is 2.22. The van der Waals surface area contributed by atoms with Gasteiger partial charge in [-0.05, 0) is 25.7 Å². The van der Waals surface area contributed by atoms with Crippen LogP contribution in [0.3, 0.4) is 0 Å². The maximum atomic E-state index is 12.1. The van der Waals surface area contributed by atoms with Crippen LogP contribution in [0.4, 0.5) is 0 Å². The van der Waals surface area contributed by atoms with Gasteiger partial charge in [0.1, 0.15) is 0 Å². The zero-order valence-corrected chi connectivity index (χ0v) is 10.5. The molecule has 1 saturated heterocycles. The second-order valence-corrected chi connectivity index (χ2v) is 5.29. The van der Waals surface area contributed by atoms with Gasteiger partial charge in [-0.2, -0.15) is 0 Å². The van der Waals surface area contributed by atoms with Gasteiger partial charge in [-0.15, -0.1) is 0 Å². The van der Waals surface area contributed by atoms with Crippen molar-refractivity contribution in [2.45, 2.75) is 57.1 Å². The Morgan fingerprint density at radius 2 is 2.00 bits per heavy atom. The van der Waals surface area contributed by atoms with Gasteiger partial charge in [0.05, 0.1) is 12.0 Å². The number of nitrogens with two attached hydrogens (primary N) is 1. The summed E-state index contributed by atoms with van der Waals surface area (Å²) in [5.41, 5.74) is 6.07. The average molecular weight is 240 g/mol. The van der Waals surface area contributed by atoms with Crippen LogP contribution in [-0.2, 0) is 9.53 Å². The molecular formula is C13H24N2O2. The minimum absolute atomic E-state index is 0.0129. The first kappa shape index (κ1) is 12.8. The molecule has 0 bridgehead atoms. The molecule has 1 heterocycles. The normalized spacial score (nSPS) is 34.3. The Morgan fingerprint density at radius 3 is 2.76 bits per heavy atom. The Morgan fingerprint density at radius 1 is 1.18 bits per heavy atom. The molecule has 17 heavy (non-hydrogen) atoms. The molecule has 2 rings (SSSR count). The van der Waals surface area contributed by atoms with E-state index in [4.69, 9.17) is 10.5 Å². The number of nitrogens with one attached hydrogen (secondary N) is 1. The predicted molar refractivity (Wildman–Crippen MR) is 66.5 cm³/mol. The van der Waals surface area contributed by atoms with Crippen molar-refractivity contribution < 1.29 is 9.53 Å². The molecule has 2 fully saturated rings. The van der Waals surface area contributed by atoms with E-state index in [0.29, 0.717) is 6.54 Å². The van der Waals surface area contributed by atoms with Crippen LogP contribution >= 0.6 is 0 Å². The third-order valence-electron chi connectivity index (χ3n) is 3.93. The molecule has 1 aliphatic carbocycles. The van der Waals surface area contributed by atoms with Crippen molar-refractivity contribution in [1.82, 2.24) is 5.32 Å². The molecule has 1 saturated carbocycles. The molecule has 0 aromatic heterocycles. The van der Waals surface area contributed by atoms with Gasteiger partial charge in [0.15, 0.2) is 0 Å². The van der Waals surface area contributed by atoms with Gasteiger partial charge < -0.3 is 15.8 Å². The molecule has 4 heteroatoms. The van der Waals surface area contributed by atoms with Gasteiger partial charge in [0.25, 0.3) is 0 Å². The number of hydrogen-bond acceptors (Lipinski definition) is 3. The summed E-state index contributed by atoms with van der Waals surface area (Å²) in [6.45, 7) is 1.49. The van der Waals surface area contributed by atoms with Gasteiger partial charge in [-0.3, -0.25) is 4.79 Å². The van der Waals surface area contributed by atoms with Crippen LogP contribution in [0.1, 0.15) is 44.9 Å². The van der Waals surface area contributed by atoms with Crippen LogP contribution in [0.25, 0.3) is 0 Å². The Labute approximate surface area is 103 Å². The van der Waals surface area contributed by atoms with Crippen LogP contribution in [0, 0.1) is 5.92 Å². The lowest BCUT2D eigenvalue weighted by atomic mass is 9.94. The average Bonchev–Trinajstić information content (AvgIpc) is 2.75. The first-order chi connectivity index (χ1) is 8.27. The zero-order chi connectivity index (χ0) is 12.1. The fourth-order valence-corrected chi connectivity index (χ4v) is 2.81. The van der Waals surface area contributed by atoms with E-state index in [-0.39, 0.29) is 24.0 Å². The molecule has 0 aromatic rings. The Balaban J connectivity index is 1.76. The smallest absolute Gasteiger partial charge is 0.224 e. The fourth-order valence-electron chi connectivity index (χ4n) is 2.81. The minimum Gasteiger partial charge on any atom is -0.376 e. The first-order valence-electron chi connectivity index (χ1n) is 6.92. The van der Waals surface area contributed by atoms with Crippen molar-refractivity contribution in [3.63, 3.8) is 0 Å². The summed E-state index contributed by atoms with van der Waals surface area (Å²) >= 11 is 0. The Kier molecular flexibility index (Phi) is 4.80. The number of carbonyl (C=O) groups excluding carboxylic acids is 1. The monoisotopic (exact) mass is 240 g/mol. The number of amides is 1. The van der Waals surface area contributed by atoms with E-state index < -0.39 is 0 Å². The number of rotatable bonds is 3. The van der Waals surface area contributed by atoms with Gasteiger partial charge in [0, 0.05) is 19.2 Å². The van der Waals surface area contributed by atoms with Crippen LogP contribution < -0.4 is 11.1 Å². The molecule has 3 N–H and O–H groups in total. The SMILES string of the molecule is NC1CCCCCC1C(=O)NCC1CCCO1. The number of ether oxygens (including phenoxy) is 1. The van der Waals surface area contributed by atoms with Crippen LogP contribution in [0.5, 0.6) is 0 Å². The summed E-state index contributed by atoms with van der Waals surface area (Å²) in [4.78, 5) is 12.1. The third-order valence-corrected chi connectivity index (χ3v) is 3.93.